The standard InChI is InChI=1S/C29H26Cl2N4O7S2/c1-19(36)32-20-8-16-25(17-9-20)44(40,41)35(22-10-12-23(42-2)13-11-22)18-28(37)33-21-6-14-24(15-7-21)43(38,39)34-27-5-3-4-26(30)29(27)31/h3-17,34H,18H2,1-2H3,(H,32,36)(H,33,37). The Morgan fingerprint density at radius 2 is 1.34 bits per heavy atom. The van der Waals surface area contributed by atoms with Crippen LogP contribution >= 0.6 is 23.2 Å². The fourth-order valence-corrected chi connectivity index (χ4v) is 6.84. The van der Waals surface area contributed by atoms with Crippen molar-refractivity contribution in [2.45, 2.75) is 16.7 Å². The van der Waals surface area contributed by atoms with Gasteiger partial charge >= 0.3 is 0 Å². The Bertz CT molecular complexity index is 1890. The third-order valence-electron chi connectivity index (χ3n) is 6.05. The Labute approximate surface area is 264 Å². The minimum atomic E-state index is -4.26. The van der Waals surface area contributed by atoms with Crippen LogP contribution in [0.3, 0.4) is 0 Å². The van der Waals surface area contributed by atoms with Gasteiger partial charge in [0.25, 0.3) is 20.0 Å². The Hall–Kier alpha value is -4.30. The van der Waals surface area contributed by atoms with Crippen molar-refractivity contribution in [1.29, 1.82) is 0 Å². The van der Waals surface area contributed by atoms with Gasteiger partial charge in [-0.05, 0) is 84.9 Å². The highest BCUT2D eigenvalue weighted by Gasteiger charge is 2.28. The molecule has 4 aromatic rings. The average molecular weight is 678 g/mol. The van der Waals surface area contributed by atoms with Gasteiger partial charge < -0.3 is 15.4 Å². The minimum absolute atomic E-state index is 0.0432. The second-order valence-electron chi connectivity index (χ2n) is 9.19. The van der Waals surface area contributed by atoms with Gasteiger partial charge in [-0.3, -0.25) is 18.6 Å². The van der Waals surface area contributed by atoms with E-state index in [2.05, 4.69) is 15.4 Å². The number of halogens is 2. The molecule has 0 saturated carbocycles. The fraction of sp³-hybridized carbons (Fsp3) is 0.103. The van der Waals surface area contributed by atoms with Gasteiger partial charge in [0, 0.05) is 18.3 Å². The summed E-state index contributed by atoms with van der Waals surface area (Å²) >= 11 is 12.1. The molecule has 0 saturated heterocycles. The summed E-state index contributed by atoms with van der Waals surface area (Å²) < 4.78 is 61.6. The highest BCUT2D eigenvalue weighted by atomic mass is 35.5. The first-order valence-electron chi connectivity index (χ1n) is 12.7. The molecular weight excluding hydrogens is 651 g/mol. The molecule has 0 aliphatic heterocycles. The zero-order valence-corrected chi connectivity index (χ0v) is 26.4. The van der Waals surface area contributed by atoms with Crippen LogP contribution in [0.5, 0.6) is 5.75 Å². The van der Waals surface area contributed by atoms with E-state index in [0.717, 1.165) is 4.31 Å². The van der Waals surface area contributed by atoms with Crippen molar-refractivity contribution in [3.8, 4) is 5.75 Å². The number of rotatable bonds is 11. The monoisotopic (exact) mass is 676 g/mol. The molecule has 3 N–H and O–H groups in total. The van der Waals surface area contributed by atoms with Crippen LogP contribution < -0.4 is 24.4 Å². The number of hydrogen-bond acceptors (Lipinski definition) is 7. The quantitative estimate of drug-likeness (QED) is 0.187. The maximum absolute atomic E-state index is 13.7. The molecule has 0 unspecified atom stereocenters. The first-order chi connectivity index (χ1) is 20.8. The Balaban J connectivity index is 1.54. The smallest absolute Gasteiger partial charge is 0.264 e. The van der Waals surface area contributed by atoms with E-state index in [1.165, 1.54) is 86.8 Å². The van der Waals surface area contributed by atoms with E-state index in [9.17, 15) is 26.4 Å². The zero-order valence-electron chi connectivity index (χ0n) is 23.2. The molecule has 0 aromatic heterocycles. The highest BCUT2D eigenvalue weighted by Crippen LogP contribution is 2.31. The normalized spacial score (nSPS) is 11.4. The summed E-state index contributed by atoms with van der Waals surface area (Å²) in [5.41, 5.74) is 0.920. The molecule has 0 spiro atoms. The predicted molar refractivity (Wildman–Crippen MR) is 171 cm³/mol. The number of nitrogens with one attached hydrogen (secondary N) is 3. The maximum atomic E-state index is 13.7. The lowest BCUT2D eigenvalue weighted by Gasteiger charge is -2.24. The number of benzene rings is 4. The maximum Gasteiger partial charge on any atom is 0.264 e. The molecule has 4 rings (SSSR count). The van der Waals surface area contributed by atoms with Gasteiger partial charge in [0.05, 0.1) is 38.3 Å². The first kappa shape index (κ1) is 32.6. The van der Waals surface area contributed by atoms with Crippen LogP contribution in [0.1, 0.15) is 6.92 Å². The van der Waals surface area contributed by atoms with Crippen molar-refractivity contribution >= 4 is 77.8 Å². The largest absolute Gasteiger partial charge is 0.497 e. The molecule has 2 amide bonds. The number of hydrogen-bond donors (Lipinski definition) is 3. The van der Waals surface area contributed by atoms with Gasteiger partial charge in [0.15, 0.2) is 0 Å². The van der Waals surface area contributed by atoms with E-state index in [-0.39, 0.29) is 42.8 Å². The van der Waals surface area contributed by atoms with Crippen LogP contribution in [-0.4, -0.2) is 42.3 Å². The molecule has 4 aromatic carbocycles. The predicted octanol–water partition coefficient (Wildman–Crippen LogP) is 5.60. The summed E-state index contributed by atoms with van der Waals surface area (Å²) in [6.45, 7) is 0.714. The summed E-state index contributed by atoms with van der Waals surface area (Å²) in [6.07, 6.45) is 0. The Kier molecular flexibility index (Phi) is 10.0. The van der Waals surface area contributed by atoms with E-state index in [4.69, 9.17) is 27.9 Å². The molecule has 0 bridgehead atoms. The molecule has 15 heteroatoms. The number of anilines is 4. The molecule has 0 radical (unpaired) electrons. The zero-order chi connectivity index (χ0) is 32.1. The SMILES string of the molecule is COc1ccc(N(CC(=O)Nc2ccc(S(=O)(=O)Nc3cccc(Cl)c3Cl)cc2)S(=O)(=O)c2ccc(NC(C)=O)cc2)cc1. The van der Waals surface area contributed by atoms with E-state index in [0.29, 0.717) is 11.4 Å². The van der Waals surface area contributed by atoms with Crippen LogP contribution in [0, 0.1) is 0 Å². The molecule has 44 heavy (non-hydrogen) atoms. The molecule has 0 aliphatic rings. The van der Waals surface area contributed by atoms with Crippen molar-refractivity contribution in [1.82, 2.24) is 0 Å². The third kappa shape index (κ3) is 7.80. The second-order valence-corrected chi connectivity index (χ2v) is 13.5. The fourth-order valence-electron chi connectivity index (χ4n) is 3.94. The summed E-state index contributed by atoms with van der Waals surface area (Å²) in [4.78, 5) is 24.2. The molecule has 230 valence electrons. The lowest BCUT2D eigenvalue weighted by molar-refractivity contribution is -0.115. The molecular formula is C29H26Cl2N4O7S2. The Morgan fingerprint density at radius 1 is 0.773 bits per heavy atom. The lowest BCUT2D eigenvalue weighted by Crippen LogP contribution is -2.38. The molecule has 0 fully saturated rings. The van der Waals surface area contributed by atoms with Crippen molar-refractivity contribution < 1.29 is 31.2 Å². The van der Waals surface area contributed by atoms with Crippen LogP contribution in [0.15, 0.2) is 101 Å². The van der Waals surface area contributed by atoms with Crippen molar-refractivity contribution in [2.24, 2.45) is 0 Å². The first-order valence-corrected chi connectivity index (χ1v) is 16.4. The number of nitrogens with zero attached hydrogens (tertiary/aromatic N) is 1. The molecule has 0 heterocycles. The molecule has 0 atom stereocenters. The topological polar surface area (TPSA) is 151 Å². The van der Waals surface area contributed by atoms with Crippen molar-refractivity contribution in [3.63, 3.8) is 0 Å². The van der Waals surface area contributed by atoms with Gasteiger partial charge in [-0.2, -0.15) is 0 Å². The van der Waals surface area contributed by atoms with E-state index < -0.39 is 32.5 Å². The third-order valence-corrected chi connectivity index (χ3v) is 10.0. The number of carbonyl (C=O) groups excluding carboxylic acids is 2. The van der Waals surface area contributed by atoms with Crippen molar-refractivity contribution in [2.75, 3.05) is 33.3 Å². The summed E-state index contributed by atoms with van der Waals surface area (Å²) in [5.74, 6) is -0.527. The lowest BCUT2D eigenvalue weighted by atomic mass is 10.3. The van der Waals surface area contributed by atoms with Gasteiger partial charge in [-0.1, -0.05) is 29.3 Å². The second kappa shape index (κ2) is 13.6. The van der Waals surface area contributed by atoms with Crippen LogP contribution in [-0.2, 0) is 29.6 Å². The number of methoxy groups -OCH3 is 1. The van der Waals surface area contributed by atoms with E-state index in [1.54, 1.807) is 18.2 Å². The number of ether oxygens (including phenoxy) is 1. The molecule has 0 aliphatic carbocycles. The van der Waals surface area contributed by atoms with Gasteiger partial charge in [0.2, 0.25) is 11.8 Å². The van der Waals surface area contributed by atoms with Crippen molar-refractivity contribution in [3.05, 3.63) is 101 Å². The number of sulfonamides is 2. The Morgan fingerprint density at radius 3 is 1.91 bits per heavy atom. The average Bonchev–Trinajstić information content (AvgIpc) is 2.98. The summed E-state index contributed by atoms with van der Waals surface area (Å²) in [7, 11) is -6.84. The summed E-state index contributed by atoms with van der Waals surface area (Å²) in [6, 6.07) is 21.4. The van der Waals surface area contributed by atoms with Crippen LogP contribution in [0.25, 0.3) is 0 Å². The van der Waals surface area contributed by atoms with E-state index in [1.807, 2.05) is 0 Å². The van der Waals surface area contributed by atoms with Crippen LogP contribution in [0.2, 0.25) is 10.0 Å². The van der Waals surface area contributed by atoms with Gasteiger partial charge in [-0.15, -0.1) is 0 Å². The van der Waals surface area contributed by atoms with Gasteiger partial charge in [-0.25, -0.2) is 16.8 Å². The van der Waals surface area contributed by atoms with Crippen LogP contribution in [0.4, 0.5) is 22.7 Å². The molecule has 11 nitrogen and oxygen atoms in total. The number of carbonyl (C=O) groups is 2. The summed E-state index contributed by atoms with van der Waals surface area (Å²) in [5, 5.41) is 5.38. The highest BCUT2D eigenvalue weighted by molar-refractivity contribution is 7.93. The van der Waals surface area contributed by atoms with E-state index >= 15 is 0 Å². The number of amides is 2. The minimum Gasteiger partial charge on any atom is -0.497 e. The van der Waals surface area contributed by atoms with Gasteiger partial charge in [0.1, 0.15) is 12.3 Å².